The number of rotatable bonds is 4. The molecule has 0 unspecified atom stereocenters. The minimum atomic E-state index is -3.64. The lowest BCUT2D eigenvalue weighted by Crippen LogP contribution is -2.36. The lowest BCUT2D eigenvalue weighted by molar-refractivity contribution is -0.131. The molecule has 1 atom stereocenters. The van der Waals surface area contributed by atoms with E-state index in [9.17, 15) is 18.0 Å². The number of nitrogens with one attached hydrogen (secondary N) is 1. The average Bonchev–Trinajstić information content (AvgIpc) is 2.87. The standard InChI is InChI=1S/C22H24N2O4S2/c1-15-12-21(25)23-19-13-18(6-7-20(19)29-15)30(27,28)11-9-22(26)24-10-8-16-4-2-3-5-17(16)14-24/h2-7,13,15H,8-12,14H2,1H3,(H,23,25)/t15-/m0/s1. The Morgan fingerprint density at radius 3 is 2.77 bits per heavy atom. The first kappa shape index (κ1) is 20.9. The Balaban J connectivity index is 1.44. The number of sulfone groups is 1. The number of hydrogen-bond acceptors (Lipinski definition) is 5. The van der Waals surface area contributed by atoms with Crippen molar-refractivity contribution < 1.29 is 18.0 Å². The summed E-state index contributed by atoms with van der Waals surface area (Å²) < 4.78 is 25.7. The average molecular weight is 445 g/mol. The third-order valence-electron chi connectivity index (χ3n) is 5.45. The fourth-order valence-corrected chi connectivity index (χ4v) is 6.13. The molecule has 6 nitrogen and oxygen atoms in total. The van der Waals surface area contributed by atoms with Crippen molar-refractivity contribution in [1.29, 1.82) is 0 Å². The lowest BCUT2D eigenvalue weighted by Gasteiger charge is -2.29. The first-order valence-electron chi connectivity index (χ1n) is 10.00. The maximum atomic E-state index is 12.8. The zero-order valence-electron chi connectivity index (χ0n) is 16.8. The third kappa shape index (κ3) is 4.54. The van der Waals surface area contributed by atoms with Crippen LogP contribution < -0.4 is 5.32 Å². The quantitative estimate of drug-likeness (QED) is 0.783. The molecule has 0 radical (unpaired) electrons. The molecule has 1 N–H and O–H groups in total. The monoisotopic (exact) mass is 444 g/mol. The Morgan fingerprint density at radius 1 is 1.20 bits per heavy atom. The van der Waals surface area contributed by atoms with Crippen LogP contribution in [0.3, 0.4) is 0 Å². The molecule has 2 aliphatic rings. The first-order valence-corrected chi connectivity index (χ1v) is 12.5. The topological polar surface area (TPSA) is 83.5 Å². The zero-order valence-corrected chi connectivity index (χ0v) is 18.4. The van der Waals surface area contributed by atoms with Gasteiger partial charge in [-0.25, -0.2) is 8.42 Å². The van der Waals surface area contributed by atoms with Crippen molar-refractivity contribution >= 4 is 39.1 Å². The van der Waals surface area contributed by atoms with Gasteiger partial charge >= 0.3 is 0 Å². The van der Waals surface area contributed by atoms with Crippen molar-refractivity contribution in [2.75, 3.05) is 17.6 Å². The molecular weight excluding hydrogens is 420 g/mol. The number of anilines is 1. The molecule has 2 aromatic carbocycles. The van der Waals surface area contributed by atoms with E-state index in [1.54, 1.807) is 28.8 Å². The van der Waals surface area contributed by atoms with E-state index in [2.05, 4.69) is 11.4 Å². The van der Waals surface area contributed by atoms with Crippen molar-refractivity contribution in [3.63, 3.8) is 0 Å². The number of nitrogens with zero attached hydrogens (tertiary/aromatic N) is 1. The highest BCUT2D eigenvalue weighted by Crippen LogP contribution is 2.36. The van der Waals surface area contributed by atoms with E-state index >= 15 is 0 Å². The van der Waals surface area contributed by atoms with Gasteiger partial charge in [0.1, 0.15) is 0 Å². The number of carbonyl (C=O) groups excluding carboxylic acids is 2. The summed E-state index contributed by atoms with van der Waals surface area (Å²) in [6.45, 7) is 3.10. The SMILES string of the molecule is C[C@H]1CC(=O)Nc2cc(S(=O)(=O)CCC(=O)N3CCc4ccccc4C3)ccc2S1. The molecule has 2 amide bonds. The molecule has 0 saturated carbocycles. The van der Waals surface area contributed by atoms with Gasteiger partial charge in [-0.2, -0.15) is 0 Å². The van der Waals surface area contributed by atoms with E-state index in [1.165, 1.54) is 11.6 Å². The molecular formula is C22H24N2O4S2. The largest absolute Gasteiger partial charge is 0.338 e. The summed E-state index contributed by atoms with van der Waals surface area (Å²) in [5, 5.41) is 2.92. The van der Waals surface area contributed by atoms with Crippen molar-refractivity contribution in [1.82, 2.24) is 4.90 Å². The second-order valence-corrected chi connectivity index (χ2v) is 11.3. The molecule has 2 aliphatic heterocycles. The fraction of sp³-hybridized carbons (Fsp3) is 0.364. The molecule has 0 saturated heterocycles. The van der Waals surface area contributed by atoms with Gasteiger partial charge in [0.15, 0.2) is 9.84 Å². The van der Waals surface area contributed by atoms with Crippen molar-refractivity contribution in [3.05, 3.63) is 53.6 Å². The summed E-state index contributed by atoms with van der Waals surface area (Å²) in [6.07, 6.45) is 1.11. The number of benzene rings is 2. The van der Waals surface area contributed by atoms with Crippen LogP contribution in [-0.4, -0.2) is 42.7 Å². The molecule has 0 aliphatic carbocycles. The highest BCUT2D eigenvalue weighted by Gasteiger charge is 2.25. The Kier molecular flexibility index (Phi) is 5.88. The van der Waals surface area contributed by atoms with Crippen LogP contribution in [0.25, 0.3) is 0 Å². The van der Waals surface area contributed by atoms with Crippen LogP contribution in [-0.2, 0) is 32.4 Å². The number of fused-ring (bicyclic) bond motifs is 2. The molecule has 8 heteroatoms. The highest BCUT2D eigenvalue weighted by atomic mass is 32.2. The summed E-state index contributed by atoms with van der Waals surface area (Å²) in [5.74, 6) is -0.523. The summed E-state index contributed by atoms with van der Waals surface area (Å²) in [7, 11) is -3.64. The molecule has 0 bridgehead atoms. The number of amides is 2. The molecule has 4 rings (SSSR count). The summed E-state index contributed by atoms with van der Waals surface area (Å²) in [6, 6.07) is 12.8. The molecule has 2 heterocycles. The maximum absolute atomic E-state index is 12.8. The van der Waals surface area contributed by atoms with Gasteiger partial charge in [-0.1, -0.05) is 31.2 Å². The lowest BCUT2D eigenvalue weighted by atomic mass is 10.00. The van der Waals surface area contributed by atoms with Gasteiger partial charge in [0.2, 0.25) is 11.8 Å². The van der Waals surface area contributed by atoms with E-state index in [4.69, 9.17) is 0 Å². The van der Waals surface area contributed by atoms with E-state index in [0.29, 0.717) is 25.2 Å². The number of carbonyl (C=O) groups is 2. The van der Waals surface area contributed by atoms with E-state index < -0.39 is 9.84 Å². The molecule has 30 heavy (non-hydrogen) atoms. The van der Waals surface area contributed by atoms with Crippen LogP contribution in [0.15, 0.2) is 52.3 Å². The van der Waals surface area contributed by atoms with Gasteiger partial charge in [-0.3, -0.25) is 9.59 Å². The summed E-state index contributed by atoms with van der Waals surface area (Å²) in [4.78, 5) is 27.3. The highest BCUT2D eigenvalue weighted by molar-refractivity contribution is 8.00. The smallest absolute Gasteiger partial charge is 0.225 e. The van der Waals surface area contributed by atoms with Crippen molar-refractivity contribution in [2.45, 2.75) is 47.8 Å². The predicted octanol–water partition coefficient (Wildman–Crippen LogP) is 3.26. The van der Waals surface area contributed by atoms with Crippen LogP contribution in [0.1, 0.15) is 30.9 Å². The third-order valence-corrected chi connectivity index (χ3v) is 8.35. The second-order valence-electron chi connectivity index (χ2n) is 7.74. The minimum Gasteiger partial charge on any atom is -0.338 e. The molecule has 158 valence electrons. The zero-order chi connectivity index (χ0) is 21.3. The Hall–Kier alpha value is -2.32. The Bertz CT molecular complexity index is 1100. The molecule has 2 aromatic rings. The second kappa shape index (κ2) is 8.43. The van der Waals surface area contributed by atoms with Crippen molar-refractivity contribution in [2.24, 2.45) is 0 Å². The Morgan fingerprint density at radius 2 is 1.97 bits per heavy atom. The molecule has 0 aromatic heterocycles. The van der Waals surface area contributed by atoms with Gasteiger partial charge in [0, 0.05) is 36.1 Å². The van der Waals surface area contributed by atoms with Crippen LogP contribution in [0, 0.1) is 0 Å². The first-order chi connectivity index (χ1) is 14.3. The van der Waals surface area contributed by atoms with Crippen LogP contribution >= 0.6 is 11.8 Å². The van der Waals surface area contributed by atoms with Crippen LogP contribution in [0.5, 0.6) is 0 Å². The predicted molar refractivity (Wildman–Crippen MR) is 117 cm³/mol. The van der Waals surface area contributed by atoms with Gasteiger partial charge in [0.25, 0.3) is 0 Å². The van der Waals surface area contributed by atoms with E-state index in [1.807, 2.05) is 25.1 Å². The normalized spacial score (nSPS) is 18.8. The van der Waals surface area contributed by atoms with Crippen LogP contribution in [0.2, 0.25) is 0 Å². The molecule has 0 fully saturated rings. The Labute approximate surface area is 181 Å². The fourth-order valence-electron chi connectivity index (χ4n) is 3.83. The number of thioether (sulfide) groups is 1. The van der Waals surface area contributed by atoms with Gasteiger partial charge in [-0.05, 0) is 35.7 Å². The van der Waals surface area contributed by atoms with Gasteiger partial charge < -0.3 is 10.2 Å². The van der Waals surface area contributed by atoms with Crippen molar-refractivity contribution in [3.8, 4) is 0 Å². The van der Waals surface area contributed by atoms with Gasteiger partial charge in [-0.15, -0.1) is 11.8 Å². The maximum Gasteiger partial charge on any atom is 0.225 e. The van der Waals surface area contributed by atoms with E-state index in [-0.39, 0.29) is 34.1 Å². The van der Waals surface area contributed by atoms with Gasteiger partial charge in [0.05, 0.1) is 16.3 Å². The summed E-state index contributed by atoms with van der Waals surface area (Å²) in [5.41, 5.74) is 2.89. The minimum absolute atomic E-state index is 0.0558. The summed E-state index contributed by atoms with van der Waals surface area (Å²) >= 11 is 1.55. The van der Waals surface area contributed by atoms with E-state index in [0.717, 1.165) is 16.9 Å². The number of hydrogen-bond donors (Lipinski definition) is 1. The van der Waals surface area contributed by atoms with Crippen LogP contribution in [0.4, 0.5) is 5.69 Å². The molecule has 0 spiro atoms.